The Hall–Kier alpha value is -0.860. The topological polar surface area (TPSA) is 8.88 Å². The highest BCUT2D eigenvalue weighted by Crippen LogP contribution is 2.02. The second-order valence-corrected chi connectivity index (χ2v) is 6.73. The molecule has 2 saturated heterocycles. The van der Waals surface area contributed by atoms with Gasteiger partial charge in [0.15, 0.2) is 0 Å². The molecule has 2 fully saturated rings. The molecule has 2 heterocycles. The lowest BCUT2D eigenvalue weighted by Crippen LogP contribution is -3.19. The van der Waals surface area contributed by atoms with Crippen molar-refractivity contribution in [3.05, 3.63) is 35.9 Å². The van der Waals surface area contributed by atoms with E-state index in [0.717, 1.165) is 6.04 Å². The molecule has 0 atom stereocenters. The number of nitrogens with one attached hydrogen (secondary N) is 2. The number of likely N-dealkylation sites (tertiary alicyclic amines) is 2. The van der Waals surface area contributed by atoms with Crippen molar-refractivity contribution in [2.24, 2.45) is 0 Å². The van der Waals surface area contributed by atoms with Crippen LogP contribution >= 0.6 is 0 Å². The number of piperidine rings is 1. The highest BCUT2D eigenvalue weighted by molar-refractivity contribution is 5.14. The number of hydrogen-bond acceptors (Lipinski definition) is 0. The predicted molar refractivity (Wildman–Crippen MR) is 83.3 cm³/mol. The maximum absolute atomic E-state index is 2.26. The first-order chi connectivity index (χ1) is 9.92. The Balaban J connectivity index is 1.34. The molecular weight excluding hydrogens is 244 g/mol. The summed E-state index contributed by atoms with van der Waals surface area (Å²) in [5.41, 5.74) is 1.50. The highest BCUT2D eigenvalue weighted by Gasteiger charge is 2.31. The van der Waals surface area contributed by atoms with Crippen LogP contribution < -0.4 is 9.80 Å². The molecule has 2 nitrogen and oxygen atoms in total. The Bertz CT molecular complexity index is 376. The quantitative estimate of drug-likeness (QED) is 0.766. The smallest absolute Gasteiger partial charge is 0.0983 e. The Morgan fingerprint density at radius 3 is 2.30 bits per heavy atom. The third-order valence-electron chi connectivity index (χ3n) is 5.35. The van der Waals surface area contributed by atoms with E-state index in [0.29, 0.717) is 0 Å². The van der Waals surface area contributed by atoms with E-state index in [1.54, 1.807) is 0 Å². The first kappa shape index (κ1) is 14.1. The standard InChI is InChI=1S/C18H28N2/c1-2-7-17(8-3-1)9-6-12-19-15-10-18(11-16-19)20-13-4-5-14-20/h1-3,7-8,18H,4-6,9-16H2/p+2. The van der Waals surface area contributed by atoms with Crippen LogP contribution in [-0.2, 0) is 6.42 Å². The first-order valence-corrected chi connectivity index (χ1v) is 8.64. The molecule has 2 aliphatic rings. The fourth-order valence-electron chi connectivity index (χ4n) is 4.11. The minimum absolute atomic E-state index is 0.996. The summed E-state index contributed by atoms with van der Waals surface area (Å²) in [6.07, 6.45) is 8.48. The Morgan fingerprint density at radius 2 is 1.60 bits per heavy atom. The molecule has 0 radical (unpaired) electrons. The molecule has 0 spiro atoms. The number of quaternary nitrogens is 2. The molecule has 0 aliphatic carbocycles. The third kappa shape index (κ3) is 3.83. The SMILES string of the molecule is c1ccc(CCC[NH+]2CCC([NH+]3CCCC3)CC2)cc1. The van der Waals surface area contributed by atoms with Gasteiger partial charge in [-0.15, -0.1) is 0 Å². The first-order valence-electron chi connectivity index (χ1n) is 8.64. The van der Waals surface area contributed by atoms with Gasteiger partial charge in [-0.2, -0.15) is 0 Å². The Labute approximate surface area is 123 Å². The highest BCUT2D eigenvalue weighted by atomic mass is 15.2. The van der Waals surface area contributed by atoms with Gasteiger partial charge in [-0.1, -0.05) is 30.3 Å². The van der Waals surface area contributed by atoms with Crippen LogP contribution in [-0.4, -0.2) is 38.8 Å². The van der Waals surface area contributed by atoms with Crippen LogP contribution in [0.25, 0.3) is 0 Å². The summed E-state index contributed by atoms with van der Waals surface area (Å²) < 4.78 is 0. The monoisotopic (exact) mass is 274 g/mol. The fourth-order valence-corrected chi connectivity index (χ4v) is 4.11. The minimum Gasteiger partial charge on any atom is -0.335 e. The summed E-state index contributed by atoms with van der Waals surface area (Å²) in [7, 11) is 0. The largest absolute Gasteiger partial charge is 0.335 e. The lowest BCUT2D eigenvalue weighted by atomic mass is 10.0. The van der Waals surface area contributed by atoms with Crippen LogP contribution in [0.1, 0.15) is 37.7 Å². The van der Waals surface area contributed by atoms with Gasteiger partial charge in [0.2, 0.25) is 0 Å². The molecule has 0 unspecified atom stereocenters. The third-order valence-corrected chi connectivity index (χ3v) is 5.35. The van der Waals surface area contributed by atoms with Gasteiger partial charge in [-0.05, 0) is 12.0 Å². The van der Waals surface area contributed by atoms with Crippen molar-refractivity contribution < 1.29 is 9.80 Å². The molecule has 2 N–H and O–H groups in total. The molecule has 20 heavy (non-hydrogen) atoms. The van der Waals surface area contributed by atoms with Crippen molar-refractivity contribution >= 4 is 0 Å². The van der Waals surface area contributed by atoms with E-state index < -0.39 is 0 Å². The van der Waals surface area contributed by atoms with Gasteiger partial charge in [0.25, 0.3) is 0 Å². The van der Waals surface area contributed by atoms with E-state index in [1.165, 1.54) is 76.8 Å². The van der Waals surface area contributed by atoms with Crippen molar-refractivity contribution in [1.29, 1.82) is 0 Å². The van der Waals surface area contributed by atoms with Gasteiger partial charge in [0, 0.05) is 32.1 Å². The maximum atomic E-state index is 2.26. The molecule has 1 aromatic rings. The van der Waals surface area contributed by atoms with Gasteiger partial charge < -0.3 is 9.80 Å². The second-order valence-electron chi connectivity index (χ2n) is 6.73. The van der Waals surface area contributed by atoms with Crippen molar-refractivity contribution in [3.8, 4) is 0 Å². The van der Waals surface area contributed by atoms with Gasteiger partial charge in [0.05, 0.1) is 38.8 Å². The van der Waals surface area contributed by atoms with E-state index in [-0.39, 0.29) is 0 Å². The molecule has 0 bridgehead atoms. The summed E-state index contributed by atoms with van der Waals surface area (Å²) in [6, 6.07) is 11.9. The second kappa shape index (κ2) is 7.24. The zero-order chi connectivity index (χ0) is 13.6. The van der Waals surface area contributed by atoms with Crippen molar-refractivity contribution in [3.63, 3.8) is 0 Å². The van der Waals surface area contributed by atoms with E-state index in [9.17, 15) is 0 Å². The van der Waals surface area contributed by atoms with Crippen molar-refractivity contribution in [2.75, 3.05) is 32.7 Å². The van der Waals surface area contributed by atoms with Gasteiger partial charge in [0.1, 0.15) is 0 Å². The summed E-state index contributed by atoms with van der Waals surface area (Å²) in [5, 5.41) is 0. The van der Waals surface area contributed by atoms with Crippen LogP contribution in [0.15, 0.2) is 30.3 Å². The van der Waals surface area contributed by atoms with Crippen LogP contribution in [0.2, 0.25) is 0 Å². The average Bonchev–Trinajstić information content (AvgIpc) is 3.03. The summed E-state index contributed by atoms with van der Waals surface area (Å²) in [4.78, 5) is 3.78. The number of rotatable bonds is 5. The Kier molecular flexibility index (Phi) is 5.10. The maximum Gasteiger partial charge on any atom is 0.0983 e. The van der Waals surface area contributed by atoms with Crippen molar-refractivity contribution in [2.45, 2.75) is 44.6 Å². The minimum atomic E-state index is 0.996. The molecule has 110 valence electrons. The van der Waals surface area contributed by atoms with Crippen LogP contribution in [0, 0.1) is 0 Å². The fraction of sp³-hybridized carbons (Fsp3) is 0.667. The molecule has 2 heteroatoms. The lowest BCUT2D eigenvalue weighted by Gasteiger charge is -2.32. The lowest BCUT2D eigenvalue weighted by molar-refractivity contribution is -0.951. The van der Waals surface area contributed by atoms with Crippen molar-refractivity contribution in [1.82, 2.24) is 0 Å². The molecule has 2 aliphatic heterocycles. The number of hydrogen-bond donors (Lipinski definition) is 2. The zero-order valence-electron chi connectivity index (χ0n) is 12.7. The van der Waals surface area contributed by atoms with Gasteiger partial charge >= 0.3 is 0 Å². The van der Waals surface area contributed by atoms with Crippen LogP contribution in [0.4, 0.5) is 0 Å². The number of aryl methyl sites for hydroxylation is 1. The van der Waals surface area contributed by atoms with E-state index >= 15 is 0 Å². The molecule has 0 saturated carbocycles. The number of benzene rings is 1. The molecule has 0 amide bonds. The summed E-state index contributed by atoms with van der Waals surface area (Å²) >= 11 is 0. The van der Waals surface area contributed by atoms with Crippen LogP contribution in [0.3, 0.4) is 0 Å². The predicted octanol–water partition coefficient (Wildman–Crippen LogP) is 0.345. The zero-order valence-corrected chi connectivity index (χ0v) is 12.7. The molecular formula is C18H30N2+2. The van der Waals surface area contributed by atoms with E-state index in [1.807, 2.05) is 9.80 Å². The summed E-state index contributed by atoms with van der Waals surface area (Å²) in [5.74, 6) is 0. The van der Waals surface area contributed by atoms with Crippen LogP contribution in [0.5, 0.6) is 0 Å². The molecule has 3 rings (SSSR count). The molecule has 1 aromatic carbocycles. The Morgan fingerprint density at radius 1 is 0.900 bits per heavy atom. The van der Waals surface area contributed by atoms with Gasteiger partial charge in [-0.25, -0.2) is 0 Å². The normalized spacial score (nSPS) is 27.8. The molecule has 0 aromatic heterocycles. The van der Waals surface area contributed by atoms with E-state index in [2.05, 4.69) is 30.3 Å². The van der Waals surface area contributed by atoms with Gasteiger partial charge in [-0.3, -0.25) is 0 Å². The van der Waals surface area contributed by atoms with E-state index in [4.69, 9.17) is 0 Å². The average molecular weight is 274 g/mol. The summed E-state index contributed by atoms with van der Waals surface area (Å²) in [6.45, 7) is 7.12.